The number of hydrogen-bond donors (Lipinski definition) is 3. The number of hydrogen-bond acceptors (Lipinski definition) is 3. The second kappa shape index (κ2) is 4.23. The molecule has 1 fully saturated rings. The Morgan fingerprint density at radius 1 is 1.31 bits per heavy atom. The molecule has 0 spiro atoms. The Hall–Kier alpha value is -1.39. The maximum atomic E-state index is 11.9. The zero-order chi connectivity index (χ0) is 11.6. The first-order chi connectivity index (χ1) is 7.71. The largest absolute Gasteiger partial charge is 0.394 e. The third-order valence-electron chi connectivity index (χ3n) is 2.97. The van der Waals surface area contributed by atoms with Gasteiger partial charge >= 0.3 is 0 Å². The SMILES string of the molecule is O=C(NC1(CO)CC1)c1ccccc1CO. The Balaban J connectivity index is 2.14. The molecular formula is C12H15NO3. The molecule has 1 amide bonds. The smallest absolute Gasteiger partial charge is 0.252 e. The maximum Gasteiger partial charge on any atom is 0.252 e. The molecule has 0 unspecified atom stereocenters. The van der Waals surface area contributed by atoms with E-state index >= 15 is 0 Å². The van der Waals surface area contributed by atoms with Crippen LogP contribution in [0.15, 0.2) is 24.3 Å². The maximum absolute atomic E-state index is 11.9. The van der Waals surface area contributed by atoms with Crippen molar-refractivity contribution >= 4 is 5.91 Å². The minimum atomic E-state index is -0.417. The summed E-state index contributed by atoms with van der Waals surface area (Å²) in [5, 5.41) is 21.0. The highest BCUT2D eigenvalue weighted by Gasteiger charge is 2.43. The van der Waals surface area contributed by atoms with E-state index in [9.17, 15) is 4.79 Å². The normalized spacial score (nSPS) is 16.9. The molecule has 1 aliphatic carbocycles. The van der Waals surface area contributed by atoms with Crippen molar-refractivity contribution < 1.29 is 15.0 Å². The number of aliphatic hydroxyl groups is 2. The zero-order valence-electron chi connectivity index (χ0n) is 8.94. The van der Waals surface area contributed by atoms with Gasteiger partial charge in [0, 0.05) is 5.56 Å². The first kappa shape index (κ1) is 11.1. The summed E-state index contributed by atoms with van der Waals surface area (Å²) in [4.78, 5) is 11.9. The van der Waals surface area contributed by atoms with E-state index in [-0.39, 0.29) is 19.1 Å². The van der Waals surface area contributed by atoms with Gasteiger partial charge in [0.15, 0.2) is 0 Å². The molecular weight excluding hydrogens is 206 g/mol. The lowest BCUT2D eigenvalue weighted by Gasteiger charge is -2.15. The Morgan fingerprint density at radius 2 is 2.00 bits per heavy atom. The summed E-state index contributed by atoms with van der Waals surface area (Å²) in [6, 6.07) is 6.93. The van der Waals surface area contributed by atoms with Crippen molar-refractivity contribution in [2.75, 3.05) is 6.61 Å². The molecule has 16 heavy (non-hydrogen) atoms. The van der Waals surface area contributed by atoms with E-state index in [4.69, 9.17) is 10.2 Å². The minimum Gasteiger partial charge on any atom is -0.394 e. The number of aliphatic hydroxyl groups excluding tert-OH is 2. The van der Waals surface area contributed by atoms with Crippen LogP contribution in [-0.2, 0) is 6.61 Å². The monoisotopic (exact) mass is 221 g/mol. The molecule has 4 heteroatoms. The van der Waals surface area contributed by atoms with Crippen LogP contribution < -0.4 is 5.32 Å². The Bertz CT molecular complexity index is 399. The van der Waals surface area contributed by atoms with Crippen LogP contribution in [0.25, 0.3) is 0 Å². The molecule has 0 atom stereocenters. The molecule has 1 aromatic carbocycles. The fraction of sp³-hybridized carbons (Fsp3) is 0.417. The predicted octanol–water partition coefficient (Wildman–Crippen LogP) is 0.434. The van der Waals surface area contributed by atoms with Crippen LogP contribution >= 0.6 is 0 Å². The van der Waals surface area contributed by atoms with Crippen molar-refractivity contribution in [3.05, 3.63) is 35.4 Å². The van der Waals surface area contributed by atoms with Gasteiger partial charge in [-0.05, 0) is 24.5 Å². The van der Waals surface area contributed by atoms with E-state index < -0.39 is 5.54 Å². The summed E-state index contributed by atoms with van der Waals surface area (Å²) in [6.45, 7) is -0.185. The number of carbonyl (C=O) groups is 1. The summed E-state index contributed by atoms with van der Waals surface area (Å²) in [7, 11) is 0. The predicted molar refractivity (Wildman–Crippen MR) is 58.9 cm³/mol. The van der Waals surface area contributed by atoms with Crippen LogP contribution in [0.2, 0.25) is 0 Å². The molecule has 0 aliphatic heterocycles. The lowest BCUT2D eigenvalue weighted by atomic mass is 10.1. The number of carbonyl (C=O) groups excluding carboxylic acids is 1. The van der Waals surface area contributed by atoms with Crippen LogP contribution in [0, 0.1) is 0 Å². The van der Waals surface area contributed by atoms with Gasteiger partial charge in [-0.3, -0.25) is 4.79 Å². The standard InChI is InChI=1S/C12H15NO3/c14-7-9-3-1-2-4-10(9)11(16)13-12(8-15)5-6-12/h1-4,14-15H,5-8H2,(H,13,16). The summed E-state index contributed by atoms with van der Waals surface area (Å²) < 4.78 is 0. The third-order valence-corrected chi connectivity index (χ3v) is 2.97. The lowest BCUT2D eigenvalue weighted by molar-refractivity contribution is 0.0903. The lowest BCUT2D eigenvalue weighted by Crippen LogP contribution is -2.39. The summed E-state index contributed by atoms with van der Waals surface area (Å²) in [6.07, 6.45) is 1.63. The van der Waals surface area contributed by atoms with Gasteiger partial charge in [-0.1, -0.05) is 18.2 Å². The second-order valence-electron chi connectivity index (χ2n) is 4.21. The fourth-order valence-electron chi connectivity index (χ4n) is 1.66. The van der Waals surface area contributed by atoms with Gasteiger partial charge < -0.3 is 15.5 Å². The van der Waals surface area contributed by atoms with Crippen LogP contribution in [0.3, 0.4) is 0 Å². The molecule has 0 aromatic heterocycles. The summed E-state index contributed by atoms with van der Waals surface area (Å²) in [5.74, 6) is -0.226. The number of amides is 1. The molecule has 2 rings (SSSR count). The first-order valence-corrected chi connectivity index (χ1v) is 5.33. The van der Waals surface area contributed by atoms with Gasteiger partial charge in [0.2, 0.25) is 0 Å². The Labute approximate surface area is 93.9 Å². The van der Waals surface area contributed by atoms with E-state index in [2.05, 4.69) is 5.32 Å². The minimum absolute atomic E-state index is 0.0277. The quantitative estimate of drug-likeness (QED) is 0.690. The van der Waals surface area contributed by atoms with E-state index in [1.807, 2.05) is 0 Å². The Kier molecular flexibility index (Phi) is 2.94. The van der Waals surface area contributed by atoms with Crippen LogP contribution in [-0.4, -0.2) is 28.3 Å². The van der Waals surface area contributed by atoms with Crippen molar-refractivity contribution in [1.82, 2.24) is 5.32 Å². The molecule has 4 nitrogen and oxygen atoms in total. The molecule has 86 valence electrons. The van der Waals surface area contributed by atoms with Crippen molar-refractivity contribution in [3.8, 4) is 0 Å². The van der Waals surface area contributed by atoms with Gasteiger partial charge in [0.05, 0.1) is 18.8 Å². The third kappa shape index (κ3) is 2.08. The van der Waals surface area contributed by atoms with Crippen molar-refractivity contribution in [1.29, 1.82) is 0 Å². The number of benzene rings is 1. The molecule has 0 bridgehead atoms. The summed E-state index contributed by atoms with van der Waals surface area (Å²) in [5.41, 5.74) is 0.665. The van der Waals surface area contributed by atoms with Crippen LogP contribution in [0.1, 0.15) is 28.8 Å². The highest BCUT2D eigenvalue weighted by atomic mass is 16.3. The molecule has 1 aromatic rings. The van der Waals surface area contributed by atoms with Gasteiger partial charge in [0.25, 0.3) is 5.91 Å². The average molecular weight is 221 g/mol. The fourth-order valence-corrected chi connectivity index (χ4v) is 1.66. The summed E-state index contributed by atoms with van der Waals surface area (Å²) >= 11 is 0. The highest BCUT2D eigenvalue weighted by Crippen LogP contribution is 2.34. The zero-order valence-corrected chi connectivity index (χ0v) is 8.94. The van der Waals surface area contributed by atoms with Crippen molar-refractivity contribution in [3.63, 3.8) is 0 Å². The van der Waals surface area contributed by atoms with Crippen LogP contribution in [0.4, 0.5) is 0 Å². The van der Waals surface area contributed by atoms with Crippen molar-refractivity contribution in [2.24, 2.45) is 0 Å². The van der Waals surface area contributed by atoms with Crippen molar-refractivity contribution in [2.45, 2.75) is 25.0 Å². The van der Waals surface area contributed by atoms with Gasteiger partial charge in [-0.2, -0.15) is 0 Å². The van der Waals surface area contributed by atoms with Crippen LogP contribution in [0.5, 0.6) is 0 Å². The van der Waals surface area contributed by atoms with Gasteiger partial charge in [-0.25, -0.2) is 0 Å². The van der Waals surface area contributed by atoms with E-state index in [1.54, 1.807) is 24.3 Å². The molecule has 1 aliphatic rings. The van der Waals surface area contributed by atoms with E-state index in [0.717, 1.165) is 12.8 Å². The van der Waals surface area contributed by atoms with Gasteiger partial charge in [-0.15, -0.1) is 0 Å². The molecule has 0 heterocycles. The van der Waals surface area contributed by atoms with Gasteiger partial charge in [0.1, 0.15) is 0 Å². The van der Waals surface area contributed by atoms with E-state index in [0.29, 0.717) is 11.1 Å². The topological polar surface area (TPSA) is 69.6 Å². The average Bonchev–Trinajstić information content (AvgIpc) is 3.09. The second-order valence-corrected chi connectivity index (χ2v) is 4.21. The van der Waals surface area contributed by atoms with E-state index in [1.165, 1.54) is 0 Å². The molecule has 3 N–H and O–H groups in total. The number of rotatable bonds is 4. The first-order valence-electron chi connectivity index (χ1n) is 5.33. The molecule has 1 saturated carbocycles. The molecule has 0 radical (unpaired) electrons. The highest BCUT2D eigenvalue weighted by molar-refractivity contribution is 5.96. The molecule has 0 saturated heterocycles. The Morgan fingerprint density at radius 3 is 2.56 bits per heavy atom. The number of nitrogens with one attached hydrogen (secondary N) is 1.